The summed E-state index contributed by atoms with van der Waals surface area (Å²) in [7, 11) is 0. The summed E-state index contributed by atoms with van der Waals surface area (Å²) in [6.07, 6.45) is 2.86. The minimum Gasteiger partial charge on any atom is -0.315 e. The summed E-state index contributed by atoms with van der Waals surface area (Å²) in [5.74, 6) is 2.18. The molecular formula is C9H19NS. The Morgan fingerprint density at radius 3 is 2.91 bits per heavy atom. The van der Waals surface area contributed by atoms with Crippen molar-refractivity contribution in [1.82, 2.24) is 5.32 Å². The van der Waals surface area contributed by atoms with E-state index in [1.165, 1.54) is 31.7 Å². The molecule has 1 unspecified atom stereocenters. The Morgan fingerprint density at radius 2 is 2.36 bits per heavy atom. The van der Waals surface area contributed by atoms with E-state index >= 15 is 0 Å². The summed E-state index contributed by atoms with van der Waals surface area (Å²) < 4.78 is 0. The number of hydrogen-bond donors (Lipinski definition) is 1. The summed E-state index contributed by atoms with van der Waals surface area (Å²) in [5.41, 5.74) is 0. The third-order valence-corrected chi connectivity index (χ3v) is 3.35. The predicted octanol–water partition coefficient (Wildman–Crippen LogP) is 2.13. The third-order valence-electron chi connectivity index (χ3n) is 1.95. The molecule has 1 N–H and O–H groups in total. The van der Waals surface area contributed by atoms with E-state index in [1.807, 2.05) is 0 Å². The van der Waals surface area contributed by atoms with Crippen molar-refractivity contribution in [2.45, 2.75) is 31.9 Å². The Bertz CT molecular complexity index is 97.7. The molecule has 1 atom stereocenters. The summed E-state index contributed by atoms with van der Waals surface area (Å²) in [4.78, 5) is 0. The second-order valence-electron chi connectivity index (χ2n) is 3.69. The van der Waals surface area contributed by atoms with Crippen molar-refractivity contribution >= 4 is 11.8 Å². The molecular weight excluding hydrogens is 154 g/mol. The van der Waals surface area contributed by atoms with Crippen molar-refractivity contribution in [2.24, 2.45) is 5.92 Å². The van der Waals surface area contributed by atoms with Gasteiger partial charge >= 0.3 is 0 Å². The topological polar surface area (TPSA) is 12.0 Å². The molecule has 1 rings (SSSR count). The lowest BCUT2D eigenvalue weighted by molar-refractivity contribution is 0.544. The highest BCUT2D eigenvalue weighted by atomic mass is 32.2. The molecule has 0 amide bonds. The molecule has 0 bridgehead atoms. The van der Waals surface area contributed by atoms with Crippen LogP contribution in [0.5, 0.6) is 0 Å². The first-order chi connectivity index (χ1) is 5.29. The lowest BCUT2D eigenvalue weighted by Gasteiger charge is -2.11. The first-order valence-electron chi connectivity index (χ1n) is 4.61. The normalized spacial score (nSPS) is 24.8. The van der Waals surface area contributed by atoms with Gasteiger partial charge in [-0.15, -0.1) is 0 Å². The average Bonchev–Trinajstić information content (AvgIpc) is 2.39. The van der Waals surface area contributed by atoms with Gasteiger partial charge in [0.1, 0.15) is 0 Å². The van der Waals surface area contributed by atoms with Crippen LogP contribution in [0.2, 0.25) is 0 Å². The number of rotatable bonds is 4. The van der Waals surface area contributed by atoms with Crippen LogP contribution in [0.3, 0.4) is 0 Å². The van der Waals surface area contributed by atoms with Crippen LogP contribution in [0.25, 0.3) is 0 Å². The van der Waals surface area contributed by atoms with Crippen molar-refractivity contribution in [3.63, 3.8) is 0 Å². The summed E-state index contributed by atoms with van der Waals surface area (Å²) in [5, 5.41) is 4.42. The van der Waals surface area contributed by atoms with Gasteiger partial charge in [-0.3, -0.25) is 0 Å². The number of thioether (sulfide) groups is 1. The molecule has 0 saturated carbocycles. The maximum Gasteiger partial charge on any atom is 0.0172 e. The van der Waals surface area contributed by atoms with Gasteiger partial charge in [0, 0.05) is 11.8 Å². The van der Waals surface area contributed by atoms with Crippen LogP contribution in [0.1, 0.15) is 26.7 Å². The second-order valence-corrected chi connectivity index (χ2v) is 5.10. The van der Waals surface area contributed by atoms with Crippen LogP contribution in [-0.4, -0.2) is 24.1 Å². The smallest absolute Gasteiger partial charge is 0.0172 e. The average molecular weight is 173 g/mol. The molecule has 0 aliphatic carbocycles. The highest BCUT2D eigenvalue weighted by molar-refractivity contribution is 8.00. The minimum absolute atomic E-state index is 0.793. The molecule has 0 spiro atoms. The van der Waals surface area contributed by atoms with Gasteiger partial charge < -0.3 is 5.32 Å². The lowest BCUT2D eigenvalue weighted by atomic mass is 10.2. The Morgan fingerprint density at radius 1 is 1.55 bits per heavy atom. The van der Waals surface area contributed by atoms with E-state index in [1.54, 1.807) is 0 Å². The molecule has 2 heteroatoms. The fourth-order valence-electron chi connectivity index (χ4n) is 1.34. The molecule has 0 radical (unpaired) electrons. The molecule has 1 aliphatic rings. The molecule has 0 aromatic rings. The van der Waals surface area contributed by atoms with E-state index in [2.05, 4.69) is 30.9 Å². The van der Waals surface area contributed by atoms with E-state index in [-0.39, 0.29) is 0 Å². The lowest BCUT2D eigenvalue weighted by Crippen LogP contribution is -2.26. The second kappa shape index (κ2) is 5.04. The Balaban J connectivity index is 1.94. The first-order valence-corrected chi connectivity index (χ1v) is 5.66. The fourth-order valence-corrected chi connectivity index (χ4v) is 2.57. The molecule has 0 aromatic heterocycles. The SMILES string of the molecule is CC(C)CNCC1CCCS1. The van der Waals surface area contributed by atoms with Crippen LogP contribution in [0.15, 0.2) is 0 Å². The van der Waals surface area contributed by atoms with Gasteiger partial charge in [-0.2, -0.15) is 11.8 Å². The van der Waals surface area contributed by atoms with Gasteiger partial charge in [-0.1, -0.05) is 13.8 Å². The van der Waals surface area contributed by atoms with Gasteiger partial charge in [0.2, 0.25) is 0 Å². The third kappa shape index (κ3) is 4.02. The van der Waals surface area contributed by atoms with E-state index < -0.39 is 0 Å². The minimum atomic E-state index is 0.793. The van der Waals surface area contributed by atoms with E-state index in [4.69, 9.17) is 0 Å². The monoisotopic (exact) mass is 173 g/mol. The maximum atomic E-state index is 3.51. The van der Waals surface area contributed by atoms with Crippen molar-refractivity contribution in [3.05, 3.63) is 0 Å². The van der Waals surface area contributed by atoms with Crippen LogP contribution in [0, 0.1) is 5.92 Å². The van der Waals surface area contributed by atoms with E-state index in [9.17, 15) is 0 Å². The molecule has 1 fully saturated rings. The van der Waals surface area contributed by atoms with Crippen molar-refractivity contribution in [3.8, 4) is 0 Å². The van der Waals surface area contributed by atoms with Gasteiger partial charge in [-0.05, 0) is 31.1 Å². The van der Waals surface area contributed by atoms with Crippen molar-refractivity contribution in [2.75, 3.05) is 18.8 Å². The van der Waals surface area contributed by atoms with Gasteiger partial charge in [0.25, 0.3) is 0 Å². The van der Waals surface area contributed by atoms with E-state index in [0.29, 0.717) is 0 Å². The Kier molecular flexibility index (Phi) is 4.31. The first kappa shape index (κ1) is 9.40. The zero-order valence-electron chi connectivity index (χ0n) is 7.60. The highest BCUT2D eigenvalue weighted by Gasteiger charge is 2.14. The largest absolute Gasteiger partial charge is 0.315 e. The van der Waals surface area contributed by atoms with Gasteiger partial charge in [0.15, 0.2) is 0 Å². The van der Waals surface area contributed by atoms with Crippen molar-refractivity contribution in [1.29, 1.82) is 0 Å². The molecule has 1 aliphatic heterocycles. The molecule has 66 valence electrons. The molecule has 11 heavy (non-hydrogen) atoms. The maximum absolute atomic E-state index is 3.51. The zero-order chi connectivity index (χ0) is 8.10. The van der Waals surface area contributed by atoms with Gasteiger partial charge in [0.05, 0.1) is 0 Å². The van der Waals surface area contributed by atoms with Crippen LogP contribution in [-0.2, 0) is 0 Å². The highest BCUT2D eigenvalue weighted by Crippen LogP contribution is 2.25. The summed E-state index contributed by atoms with van der Waals surface area (Å²) >= 11 is 2.13. The molecule has 1 saturated heterocycles. The summed E-state index contributed by atoms with van der Waals surface area (Å²) in [6, 6.07) is 0. The molecule has 0 aromatic carbocycles. The molecule has 1 heterocycles. The zero-order valence-corrected chi connectivity index (χ0v) is 8.41. The van der Waals surface area contributed by atoms with Crippen molar-refractivity contribution < 1.29 is 0 Å². The number of nitrogens with one attached hydrogen (secondary N) is 1. The quantitative estimate of drug-likeness (QED) is 0.699. The fraction of sp³-hybridized carbons (Fsp3) is 1.00. The van der Waals surface area contributed by atoms with Crippen LogP contribution >= 0.6 is 11.8 Å². The van der Waals surface area contributed by atoms with Crippen LogP contribution in [0.4, 0.5) is 0 Å². The predicted molar refractivity (Wildman–Crippen MR) is 53.2 cm³/mol. The van der Waals surface area contributed by atoms with Gasteiger partial charge in [-0.25, -0.2) is 0 Å². The standard InChI is InChI=1S/C9H19NS/c1-8(2)6-10-7-9-4-3-5-11-9/h8-10H,3-7H2,1-2H3. The Hall–Kier alpha value is 0.310. The van der Waals surface area contributed by atoms with E-state index in [0.717, 1.165) is 11.2 Å². The number of hydrogen-bond acceptors (Lipinski definition) is 2. The Labute approximate surface area is 74.3 Å². The summed E-state index contributed by atoms with van der Waals surface area (Å²) in [6.45, 7) is 6.92. The molecule has 1 nitrogen and oxygen atoms in total. The van der Waals surface area contributed by atoms with Crippen LogP contribution < -0.4 is 5.32 Å².